The number of aromatic nitrogens is 9. The molecule has 0 radical (unpaired) electrons. The normalized spacial score (nSPS) is 17.5. The standard InChI is InChI=1S/C65H54Br2F6N12O5/c1-35-21-48-54(32-80(35)60(87)42-13-19-52(66)50(27-42)64(68,69)70)84-58(44(29-76-84)25-37-7-5-4-6-8-37)82(62(48)89)46-15-9-40(10-16-46)56-78-75-34-79(56)31-39-23-38(24-39)26-45-30-77-85-55-33-81(61(88)43-14-20-53(67)51(28-43)65(71,72)73)36(2)22-49(55)63(90)83(59(45)85)47-17-11-41(12-18-47)57(86)74-3/h4-20,27-30,34-36,38-39H,21-26,31-33H2,1-3H3,(H,74,86). The average molecular weight is 1360 g/mol. The van der Waals surface area contributed by atoms with E-state index in [9.17, 15) is 45.5 Å². The van der Waals surface area contributed by atoms with Crippen molar-refractivity contribution >= 4 is 60.9 Å². The van der Waals surface area contributed by atoms with Gasteiger partial charge in [-0.3, -0.25) is 33.1 Å². The lowest BCUT2D eigenvalue weighted by Gasteiger charge is -2.36. The molecular formula is C65H54Br2F6N12O5. The van der Waals surface area contributed by atoms with E-state index in [1.54, 1.807) is 75.0 Å². The molecular weight excluding hydrogens is 1300 g/mol. The minimum Gasteiger partial charge on any atom is -0.355 e. The fraction of sp³-hybridized carbons (Fsp3) is 0.277. The average Bonchev–Trinajstić information content (AvgIpc) is 1.42. The van der Waals surface area contributed by atoms with E-state index >= 15 is 4.79 Å². The Kier molecular flexibility index (Phi) is 15.4. The van der Waals surface area contributed by atoms with Gasteiger partial charge in [0.2, 0.25) is 0 Å². The third-order valence-electron chi connectivity index (χ3n) is 17.6. The Balaban J connectivity index is 0.764. The number of nitrogens with one attached hydrogen (secondary N) is 1. The first kappa shape index (κ1) is 60.0. The van der Waals surface area contributed by atoms with Crippen molar-refractivity contribution in [3.63, 3.8) is 0 Å². The Morgan fingerprint density at radius 2 is 1.11 bits per heavy atom. The van der Waals surface area contributed by atoms with E-state index in [4.69, 9.17) is 10.2 Å². The first-order valence-corrected chi connectivity index (χ1v) is 30.6. The molecule has 0 bridgehead atoms. The summed E-state index contributed by atoms with van der Waals surface area (Å²) in [5.41, 5.74) is 4.45. The second-order valence-electron chi connectivity index (χ2n) is 23.3. The summed E-state index contributed by atoms with van der Waals surface area (Å²) in [4.78, 5) is 73.7. The van der Waals surface area contributed by atoms with Gasteiger partial charge in [-0.05, 0) is 148 Å². The Bertz CT molecular complexity index is 4650. The number of benzene rings is 5. The van der Waals surface area contributed by atoms with Gasteiger partial charge in [0.15, 0.2) is 5.82 Å². The van der Waals surface area contributed by atoms with Gasteiger partial charge in [0.25, 0.3) is 28.8 Å². The summed E-state index contributed by atoms with van der Waals surface area (Å²) in [5.74, 6) is -0.550. The van der Waals surface area contributed by atoms with Crippen molar-refractivity contribution in [2.45, 2.75) is 96.4 Å². The summed E-state index contributed by atoms with van der Waals surface area (Å²) >= 11 is 5.94. The minimum absolute atomic E-state index is 0.0783. The molecule has 3 amide bonds. The maximum atomic E-state index is 15.0. The lowest BCUT2D eigenvalue weighted by molar-refractivity contribution is -0.139. The van der Waals surface area contributed by atoms with E-state index in [2.05, 4.69) is 47.4 Å². The highest BCUT2D eigenvalue weighted by atomic mass is 79.9. The monoisotopic (exact) mass is 1350 g/mol. The summed E-state index contributed by atoms with van der Waals surface area (Å²) in [6.07, 6.45) is -1.53. The molecule has 1 N–H and O–H groups in total. The number of halogens is 8. The predicted molar refractivity (Wildman–Crippen MR) is 328 cm³/mol. The van der Waals surface area contributed by atoms with Crippen molar-refractivity contribution in [3.8, 4) is 22.8 Å². The van der Waals surface area contributed by atoms with Crippen LogP contribution in [-0.4, -0.2) is 89.8 Å². The Hall–Kier alpha value is -8.97. The molecule has 25 heteroatoms. The molecule has 13 rings (SSSR count). The first-order valence-electron chi connectivity index (χ1n) is 29.0. The molecule has 5 aromatic carbocycles. The number of nitrogens with zero attached hydrogens (tertiary/aromatic N) is 11. The highest BCUT2D eigenvalue weighted by molar-refractivity contribution is 9.10. The summed E-state index contributed by atoms with van der Waals surface area (Å²) in [5, 5.41) is 21.1. The number of hydrogen-bond donors (Lipinski definition) is 1. The number of alkyl halides is 6. The number of hydrogen-bond acceptors (Lipinski definition) is 9. The molecule has 7 heterocycles. The van der Waals surface area contributed by atoms with Crippen LogP contribution in [0.1, 0.15) is 108 Å². The van der Waals surface area contributed by atoms with Gasteiger partial charge in [-0.2, -0.15) is 36.5 Å². The lowest BCUT2D eigenvalue weighted by atomic mass is 9.72. The van der Waals surface area contributed by atoms with E-state index in [1.807, 2.05) is 59.2 Å². The van der Waals surface area contributed by atoms with Gasteiger partial charge < -0.3 is 19.7 Å². The van der Waals surface area contributed by atoms with Gasteiger partial charge in [0.05, 0.1) is 59.4 Å². The van der Waals surface area contributed by atoms with Crippen molar-refractivity contribution in [1.82, 2.24) is 58.2 Å². The van der Waals surface area contributed by atoms with E-state index in [-0.39, 0.29) is 74.9 Å². The lowest BCUT2D eigenvalue weighted by Crippen LogP contribution is -2.46. The highest BCUT2D eigenvalue weighted by Crippen LogP contribution is 2.41. The molecule has 460 valence electrons. The Morgan fingerprint density at radius 3 is 1.62 bits per heavy atom. The predicted octanol–water partition coefficient (Wildman–Crippen LogP) is 11.5. The maximum Gasteiger partial charge on any atom is 0.417 e. The zero-order valence-corrected chi connectivity index (χ0v) is 51.5. The highest BCUT2D eigenvalue weighted by Gasteiger charge is 2.40. The molecule has 17 nitrogen and oxygen atoms in total. The van der Waals surface area contributed by atoms with Gasteiger partial charge in [0.1, 0.15) is 17.6 Å². The molecule has 90 heavy (non-hydrogen) atoms. The van der Waals surface area contributed by atoms with Crippen LogP contribution in [0.4, 0.5) is 26.3 Å². The molecule has 1 saturated carbocycles. The number of rotatable bonds is 12. The van der Waals surface area contributed by atoms with Crippen molar-refractivity contribution in [1.29, 1.82) is 0 Å². The van der Waals surface area contributed by atoms with Crippen molar-refractivity contribution in [3.05, 3.63) is 231 Å². The molecule has 3 aliphatic rings. The maximum absolute atomic E-state index is 15.0. The zero-order valence-electron chi connectivity index (χ0n) is 48.4. The molecule has 0 saturated heterocycles. The van der Waals surface area contributed by atoms with Crippen LogP contribution in [0.5, 0.6) is 0 Å². The van der Waals surface area contributed by atoms with Crippen molar-refractivity contribution in [2.24, 2.45) is 11.8 Å². The van der Waals surface area contributed by atoms with Crippen LogP contribution in [0.2, 0.25) is 0 Å². The summed E-state index contributed by atoms with van der Waals surface area (Å²) in [7, 11) is 1.52. The number of fused-ring (bicyclic) bond motifs is 6. The molecule has 5 aromatic heterocycles. The molecule has 10 aromatic rings. The third kappa shape index (κ3) is 10.8. The van der Waals surface area contributed by atoms with E-state index < -0.39 is 47.4 Å². The second kappa shape index (κ2) is 23.1. The molecule has 2 atom stereocenters. The van der Waals surface area contributed by atoms with Crippen LogP contribution < -0.4 is 16.4 Å². The van der Waals surface area contributed by atoms with Crippen molar-refractivity contribution in [2.75, 3.05) is 7.05 Å². The van der Waals surface area contributed by atoms with Gasteiger partial charge in [-0.15, -0.1) is 10.2 Å². The van der Waals surface area contributed by atoms with Gasteiger partial charge in [-0.1, -0.05) is 62.2 Å². The van der Waals surface area contributed by atoms with E-state index in [0.29, 0.717) is 76.0 Å². The van der Waals surface area contributed by atoms with E-state index in [0.717, 1.165) is 47.2 Å². The van der Waals surface area contributed by atoms with Gasteiger partial charge >= 0.3 is 12.4 Å². The Labute approximate surface area is 525 Å². The van der Waals surface area contributed by atoms with Crippen LogP contribution in [0.3, 0.4) is 0 Å². The molecule has 1 aliphatic carbocycles. The minimum atomic E-state index is -4.71. The largest absolute Gasteiger partial charge is 0.417 e. The fourth-order valence-electron chi connectivity index (χ4n) is 13.0. The number of carbonyl (C=O) groups excluding carboxylic acids is 3. The van der Waals surface area contributed by atoms with E-state index in [1.165, 1.54) is 41.1 Å². The first-order chi connectivity index (χ1) is 43.0. The number of carbonyl (C=O) groups is 3. The zero-order chi connectivity index (χ0) is 63.2. The summed E-state index contributed by atoms with van der Waals surface area (Å²) in [6.45, 7) is 3.93. The quantitative estimate of drug-likeness (QED) is 0.117. The fourth-order valence-corrected chi connectivity index (χ4v) is 14.0. The SMILES string of the molecule is CNC(=O)c1ccc(-n2c(=O)c3c(n4ncc(CC5CC(Cn6cnnc6-c6ccc(-n7c(=O)c8c(n9ncc(Cc%10ccccc%10)c79)CN(C(=O)c7ccc(Br)c(C(F)(F)F)c7)C(C)C8)cc6)C5)c24)CN(C(=O)c2ccc(Br)c(C(F)(F)F)c2)C(C)C3)cc1. The summed E-state index contributed by atoms with van der Waals surface area (Å²) < 4.78 is 92.1. The van der Waals surface area contributed by atoms with Crippen LogP contribution in [-0.2, 0) is 57.7 Å². The molecule has 2 unspecified atom stereocenters. The van der Waals surface area contributed by atoms with Crippen molar-refractivity contribution < 1.29 is 40.7 Å². The topological polar surface area (TPSA) is 179 Å². The van der Waals surface area contributed by atoms with Crippen LogP contribution in [0.25, 0.3) is 34.1 Å². The van der Waals surface area contributed by atoms with Gasteiger partial charge in [0, 0.05) is 85.5 Å². The molecule has 0 spiro atoms. The van der Waals surface area contributed by atoms with Crippen LogP contribution in [0, 0.1) is 11.8 Å². The third-order valence-corrected chi connectivity index (χ3v) is 19.0. The number of amides is 3. The molecule has 2 aliphatic heterocycles. The summed E-state index contributed by atoms with van der Waals surface area (Å²) in [6, 6.07) is 29.4. The second-order valence-corrected chi connectivity index (χ2v) is 25.1. The molecule has 1 fully saturated rings. The van der Waals surface area contributed by atoms with Crippen LogP contribution in [0.15, 0.2) is 153 Å². The van der Waals surface area contributed by atoms with Crippen LogP contribution >= 0.6 is 31.9 Å². The van der Waals surface area contributed by atoms with Gasteiger partial charge in [-0.25, -0.2) is 9.03 Å². The smallest absolute Gasteiger partial charge is 0.355 e. The Morgan fingerprint density at radius 1 is 0.622 bits per heavy atom.